The maximum atomic E-state index is 12.4. The van der Waals surface area contributed by atoms with Gasteiger partial charge in [-0.25, -0.2) is 4.79 Å². The first-order chi connectivity index (χ1) is 10.7. The number of carbonyl (C=O) groups excluding carboxylic acids is 2. The summed E-state index contributed by atoms with van der Waals surface area (Å²) in [6.45, 7) is 5.33. The van der Waals surface area contributed by atoms with Crippen molar-refractivity contribution in [2.24, 2.45) is 5.92 Å². The number of nitrogens with one attached hydrogen (secondary N) is 1. The molecular weight excluding hydrogens is 364 g/mol. The number of β-amino-alcohol motifs (C(OH)–C–C–N with tert-alkyl or cyclic N) is 1. The Morgan fingerprint density at radius 1 is 1.39 bits per heavy atom. The third-order valence-corrected chi connectivity index (χ3v) is 4.58. The van der Waals surface area contributed by atoms with Gasteiger partial charge in [-0.2, -0.15) is 0 Å². The van der Waals surface area contributed by atoms with Crippen LogP contribution in [0.2, 0.25) is 0 Å². The number of ether oxygens (including phenoxy) is 1. The molecule has 0 aromatic heterocycles. The van der Waals surface area contributed by atoms with Crippen molar-refractivity contribution >= 4 is 27.9 Å². The van der Waals surface area contributed by atoms with Crippen molar-refractivity contribution in [2.45, 2.75) is 32.4 Å². The zero-order valence-electron chi connectivity index (χ0n) is 13.4. The van der Waals surface area contributed by atoms with Gasteiger partial charge in [0.15, 0.2) is 0 Å². The molecule has 1 fully saturated rings. The molecule has 0 radical (unpaired) electrons. The van der Waals surface area contributed by atoms with Crippen molar-refractivity contribution in [2.75, 3.05) is 13.2 Å². The molecule has 0 saturated carbocycles. The monoisotopic (exact) mass is 384 g/mol. The minimum absolute atomic E-state index is 0.00803. The predicted molar refractivity (Wildman–Crippen MR) is 89.1 cm³/mol. The third kappa shape index (κ3) is 3.84. The van der Waals surface area contributed by atoms with E-state index in [1.807, 2.05) is 26.0 Å². The molecule has 2 rings (SSSR count). The van der Waals surface area contributed by atoms with E-state index in [0.717, 1.165) is 9.37 Å². The Hall–Kier alpha value is -1.60. The van der Waals surface area contributed by atoms with Crippen molar-refractivity contribution in [3.05, 3.63) is 28.7 Å². The van der Waals surface area contributed by atoms with E-state index in [-0.39, 0.29) is 25.0 Å². The first-order valence-corrected chi connectivity index (χ1v) is 8.24. The Morgan fingerprint density at radius 3 is 2.65 bits per heavy atom. The van der Waals surface area contributed by atoms with Crippen molar-refractivity contribution in [1.29, 1.82) is 0 Å². The summed E-state index contributed by atoms with van der Waals surface area (Å²) in [5, 5.41) is 12.8. The van der Waals surface area contributed by atoms with Gasteiger partial charge in [0.25, 0.3) is 5.91 Å². The van der Waals surface area contributed by atoms with Gasteiger partial charge in [0, 0.05) is 4.47 Å². The van der Waals surface area contributed by atoms with E-state index in [4.69, 9.17) is 4.74 Å². The molecule has 0 spiro atoms. The maximum Gasteiger partial charge on any atom is 0.325 e. The van der Waals surface area contributed by atoms with E-state index < -0.39 is 17.7 Å². The standard InChI is InChI=1S/C16H21BrN2O4/c1-10(2)16(3)14(21)19(15(22)18-16)8-12(20)9-23-13-6-4-5-11(17)7-13/h4-7,10,12,20H,8-9H2,1-3H3,(H,18,22). The zero-order chi connectivity index (χ0) is 17.2. The van der Waals surface area contributed by atoms with Gasteiger partial charge >= 0.3 is 6.03 Å². The Balaban J connectivity index is 1.94. The topological polar surface area (TPSA) is 78.9 Å². The fourth-order valence-electron chi connectivity index (χ4n) is 2.29. The molecule has 2 unspecified atom stereocenters. The van der Waals surface area contributed by atoms with E-state index in [1.54, 1.807) is 19.1 Å². The van der Waals surface area contributed by atoms with E-state index in [2.05, 4.69) is 21.2 Å². The zero-order valence-corrected chi connectivity index (χ0v) is 15.0. The summed E-state index contributed by atoms with van der Waals surface area (Å²) in [6, 6.07) is 6.74. The van der Waals surface area contributed by atoms with E-state index >= 15 is 0 Å². The molecule has 23 heavy (non-hydrogen) atoms. The normalized spacial score (nSPS) is 22.4. The first kappa shape index (κ1) is 17.7. The van der Waals surface area contributed by atoms with Crippen LogP contribution in [0.5, 0.6) is 5.75 Å². The molecule has 1 aliphatic heterocycles. The average molecular weight is 385 g/mol. The van der Waals surface area contributed by atoms with Crippen LogP contribution in [0.4, 0.5) is 4.79 Å². The van der Waals surface area contributed by atoms with Crippen LogP contribution in [0.1, 0.15) is 20.8 Å². The third-order valence-electron chi connectivity index (χ3n) is 4.09. The molecule has 126 valence electrons. The Morgan fingerprint density at radius 2 is 2.09 bits per heavy atom. The quantitative estimate of drug-likeness (QED) is 0.736. The number of benzene rings is 1. The predicted octanol–water partition coefficient (Wildman–Crippen LogP) is 2.16. The van der Waals surface area contributed by atoms with E-state index in [9.17, 15) is 14.7 Å². The number of nitrogens with zero attached hydrogens (tertiary/aromatic N) is 1. The second-order valence-electron chi connectivity index (χ2n) is 6.13. The molecule has 1 aliphatic rings. The second-order valence-corrected chi connectivity index (χ2v) is 7.04. The summed E-state index contributed by atoms with van der Waals surface area (Å²) < 4.78 is 6.35. The van der Waals surface area contributed by atoms with Crippen molar-refractivity contribution in [1.82, 2.24) is 10.2 Å². The average Bonchev–Trinajstić information content (AvgIpc) is 2.70. The number of amides is 3. The lowest BCUT2D eigenvalue weighted by Gasteiger charge is -2.26. The Bertz CT molecular complexity index is 607. The largest absolute Gasteiger partial charge is 0.491 e. The number of carbonyl (C=O) groups is 2. The molecule has 6 nitrogen and oxygen atoms in total. The molecule has 0 aliphatic carbocycles. The fraction of sp³-hybridized carbons (Fsp3) is 0.500. The van der Waals surface area contributed by atoms with Crippen LogP contribution in [-0.2, 0) is 4.79 Å². The van der Waals surface area contributed by atoms with Crippen LogP contribution >= 0.6 is 15.9 Å². The number of hydrogen-bond donors (Lipinski definition) is 2. The maximum absolute atomic E-state index is 12.4. The van der Waals surface area contributed by atoms with Crippen molar-refractivity contribution in [3.8, 4) is 5.75 Å². The molecule has 2 atom stereocenters. The Labute approximate surface area is 143 Å². The summed E-state index contributed by atoms with van der Waals surface area (Å²) in [4.78, 5) is 25.5. The van der Waals surface area contributed by atoms with Crippen LogP contribution in [-0.4, -0.2) is 46.7 Å². The number of hydrogen-bond acceptors (Lipinski definition) is 4. The summed E-state index contributed by atoms with van der Waals surface area (Å²) >= 11 is 3.33. The molecule has 7 heteroatoms. The molecule has 3 amide bonds. The van der Waals surface area contributed by atoms with Crippen LogP contribution < -0.4 is 10.1 Å². The van der Waals surface area contributed by atoms with Gasteiger partial charge in [-0.15, -0.1) is 0 Å². The van der Waals surface area contributed by atoms with Gasteiger partial charge in [-0.3, -0.25) is 9.69 Å². The van der Waals surface area contributed by atoms with Crippen molar-refractivity contribution in [3.63, 3.8) is 0 Å². The van der Waals surface area contributed by atoms with Gasteiger partial charge < -0.3 is 15.2 Å². The van der Waals surface area contributed by atoms with Gasteiger partial charge in [0.2, 0.25) is 0 Å². The summed E-state index contributed by atoms with van der Waals surface area (Å²) in [7, 11) is 0. The summed E-state index contributed by atoms with van der Waals surface area (Å²) in [5.41, 5.74) is -0.929. The molecule has 1 heterocycles. The molecule has 0 bridgehead atoms. The molecule has 1 aromatic carbocycles. The Kier molecular flexibility index (Phi) is 5.31. The van der Waals surface area contributed by atoms with E-state index in [1.165, 1.54) is 0 Å². The lowest BCUT2D eigenvalue weighted by Crippen LogP contribution is -2.49. The molecular formula is C16H21BrN2O4. The number of aliphatic hydroxyl groups excluding tert-OH is 1. The SMILES string of the molecule is CC(C)C1(C)NC(=O)N(CC(O)COc2cccc(Br)c2)C1=O. The number of halogens is 1. The van der Waals surface area contributed by atoms with Gasteiger partial charge in [0.05, 0.1) is 6.54 Å². The van der Waals surface area contributed by atoms with Crippen LogP contribution in [0, 0.1) is 5.92 Å². The smallest absolute Gasteiger partial charge is 0.325 e. The van der Waals surface area contributed by atoms with Crippen LogP contribution in [0.3, 0.4) is 0 Å². The highest BCUT2D eigenvalue weighted by atomic mass is 79.9. The lowest BCUT2D eigenvalue weighted by molar-refractivity contribution is -0.133. The molecule has 2 N–H and O–H groups in total. The molecule has 1 aromatic rings. The fourth-order valence-corrected chi connectivity index (χ4v) is 2.66. The second kappa shape index (κ2) is 6.88. The minimum Gasteiger partial charge on any atom is -0.491 e. The number of rotatable bonds is 6. The molecule has 1 saturated heterocycles. The lowest BCUT2D eigenvalue weighted by atomic mass is 9.88. The van der Waals surface area contributed by atoms with Gasteiger partial charge in [0.1, 0.15) is 24.0 Å². The minimum atomic E-state index is -0.960. The summed E-state index contributed by atoms with van der Waals surface area (Å²) in [5.74, 6) is 0.237. The van der Waals surface area contributed by atoms with Gasteiger partial charge in [-0.1, -0.05) is 35.8 Å². The first-order valence-electron chi connectivity index (χ1n) is 7.44. The van der Waals surface area contributed by atoms with Crippen LogP contribution in [0.15, 0.2) is 28.7 Å². The number of urea groups is 1. The highest BCUT2D eigenvalue weighted by Crippen LogP contribution is 2.25. The van der Waals surface area contributed by atoms with Gasteiger partial charge in [-0.05, 0) is 31.0 Å². The summed E-state index contributed by atoms with van der Waals surface area (Å²) in [6.07, 6.45) is -0.960. The highest BCUT2D eigenvalue weighted by molar-refractivity contribution is 9.10. The van der Waals surface area contributed by atoms with Crippen LogP contribution in [0.25, 0.3) is 0 Å². The number of aliphatic hydroxyl groups is 1. The van der Waals surface area contributed by atoms with E-state index in [0.29, 0.717) is 5.75 Å². The van der Waals surface area contributed by atoms with Crippen molar-refractivity contribution < 1.29 is 19.4 Å². The number of imide groups is 1. The highest BCUT2D eigenvalue weighted by Gasteiger charge is 2.49.